The number of benzene rings is 1. The molecule has 1 aromatic carbocycles. The first-order valence-electron chi connectivity index (χ1n) is 8.71. The number of likely N-dealkylation sites (tertiary alicyclic amines) is 1. The van der Waals surface area contributed by atoms with Crippen LogP contribution in [0.3, 0.4) is 0 Å². The van der Waals surface area contributed by atoms with Crippen LogP contribution < -0.4 is 5.32 Å². The third-order valence-electron chi connectivity index (χ3n) is 4.04. The van der Waals surface area contributed by atoms with Crippen LogP contribution in [-0.2, 0) is 16.1 Å². The van der Waals surface area contributed by atoms with E-state index in [4.69, 9.17) is 9.47 Å². The standard InChI is InChI=1S/C19H28N2O4/c1-14-12-16(10-11-21(14)18(23)25-19(2,3)4)20-17(22)24-13-15-8-6-5-7-9-15/h5-9,14,16H,10-13H2,1-4H3,(H,20,22). The van der Waals surface area contributed by atoms with Crippen molar-refractivity contribution in [1.82, 2.24) is 10.2 Å². The monoisotopic (exact) mass is 348 g/mol. The predicted molar refractivity (Wildman–Crippen MR) is 95.2 cm³/mol. The normalized spacial score (nSPS) is 20.7. The van der Waals surface area contributed by atoms with E-state index in [2.05, 4.69) is 5.32 Å². The van der Waals surface area contributed by atoms with Crippen LogP contribution in [0.25, 0.3) is 0 Å². The number of hydrogen-bond acceptors (Lipinski definition) is 4. The molecule has 1 heterocycles. The number of alkyl carbamates (subject to hydrolysis) is 1. The lowest BCUT2D eigenvalue weighted by Crippen LogP contribution is -2.52. The van der Waals surface area contributed by atoms with E-state index in [0.717, 1.165) is 5.56 Å². The number of carbonyl (C=O) groups is 2. The van der Waals surface area contributed by atoms with Crippen LogP contribution >= 0.6 is 0 Å². The maximum absolute atomic E-state index is 12.2. The average molecular weight is 348 g/mol. The smallest absolute Gasteiger partial charge is 0.410 e. The Morgan fingerprint density at radius 2 is 1.92 bits per heavy atom. The molecule has 6 heteroatoms. The fraction of sp³-hybridized carbons (Fsp3) is 0.579. The zero-order valence-corrected chi connectivity index (χ0v) is 15.5. The van der Waals surface area contributed by atoms with Gasteiger partial charge in [-0.25, -0.2) is 9.59 Å². The van der Waals surface area contributed by atoms with E-state index in [-0.39, 0.29) is 24.8 Å². The molecule has 1 saturated heterocycles. The minimum Gasteiger partial charge on any atom is -0.445 e. The van der Waals surface area contributed by atoms with Gasteiger partial charge in [-0.1, -0.05) is 30.3 Å². The molecule has 1 aliphatic heterocycles. The fourth-order valence-corrected chi connectivity index (χ4v) is 2.83. The Balaban J connectivity index is 1.76. The van der Waals surface area contributed by atoms with Gasteiger partial charge < -0.3 is 19.7 Å². The average Bonchev–Trinajstić information content (AvgIpc) is 2.52. The van der Waals surface area contributed by atoms with Gasteiger partial charge >= 0.3 is 12.2 Å². The van der Waals surface area contributed by atoms with Gasteiger partial charge in [0, 0.05) is 18.6 Å². The van der Waals surface area contributed by atoms with E-state index in [1.165, 1.54) is 0 Å². The Morgan fingerprint density at radius 3 is 2.52 bits per heavy atom. The second-order valence-electron chi connectivity index (χ2n) is 7.45. The van der Waals surface area contributed by atoms with Gasteiger partial charge in [-0.3, -0.25) is 0 Å². The van der Waals surface area contributed by atoms with Crippen LogP contribution in [0, 0.1) is 0 Å². The van der Waals surface area contributed by atoms with Crippen molar-refractivity contribution in [1.29, 1.82) is 0 Å². The topological polar surface area (TPSA) is 67.9 Å². The first-order chi connectivity index (χ1) is 11.7. The first-order valence-corrected chi connectivity index (χ1v) is 8.71. The van der Waals surface area contributed by atoms with Gasteiger partial charge in [-0.2, -0.15) is 0 Å². The molecule has 0 bridgehead atoms. The Bertz CT molecular complexity index is 583. The number of nitrogens with zero attached hydrogens (tertiary/aromatic N) is 1. The van der Waals surface area contributed by atoms with Gasteiger partial charge in [0.25, 0.3) is 0 Å². The highest BCUT2D eigenvalue weighted by Crippen LogP contribution is 2.20. The fourth-order valence-electron chi connectivity index (χ4n) is 2.83. The summed E-state index contributed by atoms with van der Waals surface area (Å²) in [4.78, 5) is 25.9. The molecular formula is C19H28N2O4. The molecule has 0 aromatic heterocycles. The lowest BCUT2D eigenvalue weighted by molar-refractivity contribution is 0.00940. The molecule has 1 fully saturated rings. The Hall–Kier alpha value is -2.24. The van der Waals surface area contributed by atoms with Gasteiger partial charge in [0.05, 0.1) is 0 Å². The number of rotatable bonds is 3. The molecule has 2 unspecified atom stereocenters. The van der Waals surface area contributed by atoms with Gasteiger partial charge in [-0.15, -0.1) is 0 Å². The Labute approximate surface area is 149 Å². The van der Waals surface area contributed by atoms with Gasteiger partial charge in [-0.05, 0) is 46.1 Å². The van der Waals surface area contributed by atoms with Crippen LogP contribution in [0.2, 0.25) is 0 Å². The molecule has 1 aromatic rings. The quantitative estimate of drug-likeness (QED) is 0.904. The second kappa shape index (κ2) is 8.23. The Morgan fingerprint density at radius 1 is 1.24 bits per heavy atom. The molecule has 0 spiro atoms. The van der Waals surface area contributed by atoms with Crippen molar-refractivity contribution in [3.63, 3.8) is 0 Å². The molecular weight excluding hydrogens is 320 g/mol. The van der Waals surface area contributed by atoms with Crippen LogP contribution in [0.5, 0.6) is 0 Å². The number of piperidine rings is 1. The molecule has 138 valence electrons. The van der Waals surface area contributed by atoms with Crippen molar-refractivity contribution in [3.05, 3.63) is 35.9 Å². The number of nitrogens with one attached hydrogen (secondary N) is 1. The first kappa shape index (κ1) is 19.1. The van der Waals surface area contributed by atoms with E-state index < -0.39 is 11.7 Å². The summed E-state index contributed by atoms with van der Waals surface area (Å²) >= 11 is 0. The van der Waals surface area contributed by atoms with E-state index in [1.54, 1.807) is 4.90 Å². The van der Waals surface area contributed by atoms with Crippen molar-refractivity contribution in [2.45, 2.75) is 64.8 Å². The highest BCUT2D eigenvalue weighted by Gasteiger charge is 2.32. The molecule has 2 atom stereocenters. The third-order valence-corrected chi connectivity index (χ3v) is 4.04. The van der Waals surface area contributed by atoms with Gasteiger partial charge in [0.2, 0.25) is 0 Å². The lowest BCUT2D eigenvalue weighted by atomic mass is 9.99. The zero-order valence-electron chi connectivity index (χ0n) is 15.5. The SMILES string of the molecule is CC1CC(NC(=O)OCc2ccccc2)CCN1C(=O)OC(C)(C)C. The molecule has 0 aliphatic carbocycles. The number of amides is 2. The molecule has 1 N–H and O–H groups in total. The van der Waals surface area contributed by atoms with E-state index >= 15 is 0 Å². The minimum atomic E-state index is -0.507. The molecule has 1 aliphatic rings. The minimum absolute atomic E-state index is 0.00280. The van der Waals surface area contributed by atoms with Crippen molar-refractivity contribution in [2.24, 2.45) is 0 Å². The van der Waals surface area contributed by atoms with Crippen molar-refractivity contribution in [3.8, 4) is 0 Å². The summed E-state index contributed by atoms with van der Waals surface area (Å²) in [6, 6.07) is 9.56. The van der Waals surface area contributed by atoms with Crippen LogP contribution in [0.1, 0.15) is 46.1 Å². The number of ether oxygens (including phenoxy) is 2. The van der Waals surface area contributed by atoms with Crippen LogP contribution in [-0.4, -0.2) is 41.3 Å². The highest BCUT2D eigenvalue weighted by molar-refractivity contribution is 5.69. The largest absolute Gasteiger partial charge is 0.445 e. The summed E-state index contributed by atoms with van der Waals surface area (Å²) in [5.41, 5.74) is 0.443. The predicted octanol–water partition coefficient (Wildman–Crippen LogP) is 3.70. The lowest BCUT2D eigenvalue weighted by Gasteiger charge is -2.38. The van der Waals surface area contributed by atoms with Crippen LogP contribution in [0.15, 0.2) is 30.3 Å². The maximum atomic E-state index is 12.2. The Kier molecular flexibility index (Phi) is 6.28. The molecule has 0 radical (unpaired) electrons. The number of carbonyl (C=O) groups excluding carboxylic acids is 2. The summed E-state index contributed by atoms with van der Waals surface area (Å²) in [5.74, 6) is 0. The van der Waals surface area contributed by atoms with Crippen molar-refractivity contribution < 1.29 is 19.1 Å². The van der Waals surface area contributed by atoms with Crippen LogP contribution in [0.4, 0.5) is 9.59 Å². The molecule has 6 nitrogen and oxygen atoms in total. The van der Waals surface area contributed by atoms with Gasteiger partial charge in [0.15, 0.2) is 0 Å². The molecule has 2 rings (SSSR count). The third kappa shape index (κ3) is 6.29. The van der Waals surface area contributed by atoms with E-state index in [1.807, 2.05) is 58.0 Å². The molecule has 0 saturated carbocycles. The van der Waals surface area contributed by atoms with Gasteiger partial charge in [0.1, 0.15) is 12.2 Å². The summed E-state index contributed by atoms with van der Waals surface area (Å²) in [5, 5.41) is 2.89. The summed E-state index contributed by atoms with van der Waals surface area (Å²) in [7, 11) is 0. The molecule has 25 heavy (non-hydrogen) atoms. The summed E-state index contributed by atoms with van der Waals surface area (Å²) in [6.07, 6.45) is 0.640. The van der Waals surface area contributed by atoms with E-state index in [0.29, 0.717) is 19.4 Å². The van der Waals surface area contributed by atoms with Crippen molar-refractivity contribution >= 4 is 12.2 Å². The zero-order chi connectivity index (χ0) is 18.4. The molecule has 2 amide bonds. The highest BCUT2D eigenvalue weighted by atomic mass is 16.6. The maximum Gasteiger partial charge on any atom is 0.410 e. The second-order valence-corrected chi connectivity index (χ2v) is 7.45. The van der Waals surface area contributed by atoms with Crippen molar-refractivity contribution in [2.75, 3.05) is 6.54 Å². The van der Waals surface area contributed by atoms with E-state index in [9.17, 15) is 9.59 Å². The number of hydrogen-bond donors (Lipinski definition) is 1. The summed E-state index contributed by atoms with van der Waals surface area (Å²) < 4.78 is 10.7. The summed E-state index contributed by atoms with van der Waals surface area (Å²) in [6.45, 7) is 8.33.